The van der Waals surface area contributed by atoms with E-state index in [4.69, 9.17) is 5.11 Å². The number of likely N-dealkylation sites (tertiary alicyclic amines) is 1. The molecule has 0 amide bonds. The number of piperidine rings is 1. The van der Waals surface area contributed by atoms with Crippen molar-refractivity contribution in [2.24, 2.45) is 5.92 Å². The van der Waals surface area contributed by atoms with Crippen molar-refractivity contribution in [2.75, 3.05) is 20.2 Å². The fraction of sp³-hybridized carbons (Fsp3) is 1.00. The average Bonchev–Trinajstić information content (AvgIpc) is 2.00. The van der Waals surface area contributed by atoms with E-state index in [0.29, 0.717) is 12.5 Å². The van der Waals surface area contributed by atoms with E-state index >= 15 is 0 Å². The van der Waals surface area contributed by atoms with Crippen LogP contribution in [-0.4, -0.2) is 35.7 Å². The molecule has 1 aliphatic rings. The van der Waals surface area contributed by atoms with Gasteiger partial charge in [0.25, 0.3) is 0 Å². The molecule has 1 rings (SSSR count). The van der Waals surface area contributed by atoms with Gasteiger partial charge in [0.1, 0.15) is 0 Å². The van der Waals surface area contributed by atoms with Gasteiger partial charge in [0, 0.05) is 12.1 Å². The monoisotopic (exact) mass is 171 g/mol. The van der Waals surface area contributed by atoms with Gasteiger partial charge in [-0.25, -0.2) is 0 Å². The van der Waals surface area contributed by atoms with Crippen LogP contribution < -0.4 is 0 Å². The maximum absolute atomic E-state index is 8.92. The molecule has 1 fully saturated rings. The van der Waals surface area contributed by atoms with E-state index < -0.39 is 0 Å². The maximum Gasteiger partial charge on any atom is 0.0434 e. The lowest BCUT2D eigenvalue weighted by Crippen LogP contribution is -2.51. The van der Waals surface area contributed by atoms with Crippen molar-refractivity contribution in [3.05, 3.63) is 0 Å². The molecule has 0 aromatic heterocycles. The average molecular weight is 171 g/mol. The lowest BCUT2D eigenvalue weighted by Gasteiger charge is -2.46. The first-order chi connectivity index (χ1) is 5.59. The van der Waals surface area contributed by atoms with E-state index in [1.807, 2.05) is 0 Å². The van der Waals surface area contributed by atoms with Gasteiger partial charge in [-0.05, 0) is 52.6 Å². The number of aliphatic hydroxyl groups excluding tert-OH is 1. The van der Waals surface area contributed by atoms with E-state index in [9.17, 15) is 0 Å². The SMILES string of the molecule is CN1CCCC(CCO)C1(C)C. The third-order valence-corrected chi connectivity index (χ3v) is 3.51. The number of nitrogens with zero attached hydrogens (tertiary/aromatic N) is 1. The number of rotatable bonds is 2. The summed E-state index contributed by atoms with van der Waals surface area (Å²) in [6.07, 6.45) is 3.51. The van der Waals surface area contributed by atoms with Crippen LogP contribution in [0.1, 0.15) is 33.1 Å². The lowest BCUT2D eigenvalue weighted by molar-refractivity contribution is 0.0318. The standard InChI is InChI=1S/C10H21NO/c1-10(2)9(6-8-12)5-4-7-11(10)3/h9,12H,4-8H2,1-3H3. The van der Waals surface area contributed by atoms with E-state index in [-0.39, 0.29) is 5.54 Å². The van der Waals surface area contributed by atoms with Crippen LogP contribution in [0.25, 0.3) is 0 Å². The summed E-state index contributed by atoms with van der Waals surface area (Å²) in [5.74, 6) is 0.668. The lowest BCUT2D eigenvalue weighted by atomic mass is 9.78. The Labute approximate surface area is 75.6 Å². The predicted octanol–water partition coefficient (Wildman–Crippen LogP) is 1.49. The van der Waals surface area contributed by atoms with Gasteiger partial charge in [-0.2, -0.15) is 0 Å². The molecule has 0 aromatic rings. The molecule has 0 radical (unpaired) electrons. The molecule has 0 aromatic carbocycles. The molecule has 2 nitrogen and oxygen atoms in total. The molecule has 12 heavy (non-hydrogen) atoms. The molecular weight excluding hydrogens is 150 g/mol. The van der Waals surface area contributed by atoms with Crippen LogP contribution in [0.4, 0.5) is 0 Å². The molecule has 0 saturated carbocycles. The summed E-state index contributed by atoms with van der Waals surface area (Å²) < 4.78 is 0. The molecule has 1 heterocycles. The Morgan fingerprint density at radius 3 is 2.75 bits per heavy atom. The molecule has 1 saturated heterocycles. The Morgan fingerprint density at radius 1 is 1.50 bits per heavy atom. The summed E-state index contributed by atoms with van der Waals surface area (Å²) in [4.78, 5) is 2.41. The molecule has 1 unspecified atom stereocenters. The van der Waals surface area contributed by atoms with Crippen LogP contribution in [0.2, 0.25) is 0 Å². The minimum atomic E-state index is 0.279. The zero-order valence-electron chi connectivity index (χ0n) is 8.51. The van der Waals surface area contributed by atoms with Gasteiger partial charge in [-0.3, -0.25) is 0 Å². The number of hydrogen-bond acceptors (Lipinski definition) is 2. The van der Waals surface area contributed by atoms with Gasteiger partial charge < -0.3 is 10.0 Å². The summed E-state index contributed by atoms with van der Waals surface area (Å²) in [7, 11) is 2.18. The fourth-order valence-electron chi connectivity index (χ4n) is 2.18. The van der Waals surface area contributed by atoms with Gasteiger partial charge in [0.05, 0.1) is 0 Å². The van der Waals surface area contributed by atoms with E-state index in [0.717, 1.165) is 6.42 Å². The van der Waals surface area contributed by atoms with Gasteiger partial charge in [0.2, 0.25) is 0 Å². The zero-order valence-corrected chi connectivity index (χ0v) is 8.51. The van der Waals surface area contributed by atoms with Crippen LogP contribution in [0.3, 0.4) is 0 Å². The van der Waals surface area contributed by atoms with Crippen molar-refractivity contribution in [3.8, 4) is 0 Å². The normalized spacial score (nSPS) is 30.5. The topological polar surface area (TPSA) is 23.5 Å². The van der Waals surface area contributed by atoms with Crippen LogP contribution in [-0.2, 0) is 0 Å². The summed E-state index contributed by atoms with van der Waals surface area (Å²) in [6.45, 7) is 6.11. The highest BCUT2D eigenvalue weighted by molar-refractivity contribution is 4.90. The largest absolute Gasteiger partial charge is 0.396 e. The fourth-order valence-corrected chi connectivity index (χ4v) is 2.18. The first-order valence-corrected chi connectivity index (χ1v) is 4.91. The third-order valence-electron chi connectivity index (χ3n) is 3.51. The van der Waals surface area contributed by atoms with Gasteiger partial charge >= 0.3 is 0 Å². The maximum atomic E-state index is 8.92. The Kier molecular flexibility index (Phi) is 3.13. The van der Waals surface area contributed by atoms with Crippen LogP contribution in [0, 0.1) is 5.92 Å². The molecule has 0 aliphatic carbocycles. The Bertz CT molecular complexity index is 143. The number of hydrogen-bond donors (Lipinski definition) is 1. The van der Waals surface area contributed by atoms with E-state index in [1.165, 1.54) is 19.4 Å². The number of aliphatic hydroxyl groups is 1. The first kappa shape index (κ1) is 10.0. The second-order valence-electron chi connectivity index (χ2n) is 4.43. The van der Waals surface area contributed by atoms with Crippen molar-refractivity contribution < 1.29 is 5.11 Å². The summed E-state index contributed by atoms with van der Waals surface area (Å²) >= 11 is 0. The Morgan fingerprint density at radius 2 is 2.17 bits per heavy atom. The van der Waals surface area contributed by atoms with Crippen LogP contribution in [0.15, 0.2) is 0 Å². The molecule has 0 spiro atoms. The molecule has 72 valence electrons. The van der Waals surface area contributed by atoms with E-state index in [1.54, 1.807) is 0 Å². The molecule has 1 aliphatic heterocycles. The molecule has 0 bridgehead atoms. The van der Waals surface area contributed by atoms with Gasteiger partial charge in [-0.15, -0.1) is 0 Å². The summed E-state index contributed by atoms with van der Waals surface area (Å²) in [6, 6.07) is 0. The summed E-state index contributed by atoms with van der Waals surface area (Å²) in [5, 5.41) is 8.92. The molecule has 2 heteroatoms. The van der Waals surface area contributed by atoms with Crippen molar-refractivity contribution in [1.29, 1.82) is 0 Å². The summed E-state index contributed by atoms with van der Waals surface area (Å²) in [5.41, 5.74) is 0.279. The van der Waals surface area contributed by atoms with Gasteiger partial charge in [-0.1, -0.05) is 0 Å². The third kappa shape index (κ3) is 1.80. The smallest absolute Gasteiger partial charge is 0.0434 e. The highest BCUT2D eigenvalue weighted by atomic mass is 16.3. The predicted molar refractivity (Wildman–Crippen MR) is 51.1 cm³/mol. The minimum Gasteiger partial charge on any atom is -0.396 e. The minimum absolute atomic E-state index is 0.279. The van der Waals surface area contributed by atoms with Crippen molar-refractivity contribution in [3.63, 3.8) is 0 Å². The van der Waals surface area contributed by atoms with Crippen molar-refractivity contribution in [1.82, 2.24) is 4.90 Å². The van der Waals surface area contributed by atoms with Crippen molar-refractivity contribution >= 4 is 0 Å². The Balaban J connectivity index is 2.59. The van der Waals surface area contributed by atoms with Crippen LogP contribution in [0.5, 0.6) is 0 Å². The first-order valence-electron chi connectivity index (χ1n) is 4.91. The Hall–Kier alpha value is -0.0800. The highest BCUT2D eigenvalue weighted by Crippen LogP contribution is 2.33. The second kappa shape index (κ2) is 3.75. The highest BCUT2D eigenvalue weighted by Gasteiger charge is 2.35. The quantitative estimate of drug-likeness (QED) is 0.680. The van der Waals surface area contributed by atoms with Gasteiger partial charge in [0.15, 0.2) is 0 Å². The second-order valence-corrected chi connectivity index (χ2v) is 4.43. The van der Waals surface area contributed by atoms with Crippen molar-refractivity contribution in [2.45, 2.75) is 38.6 Å². The zero-order chi connectivity index (χ0) is 9.19. The van der Waals surface area contributed by atoms with Crippen LogP contribution >= 0.6 is 0 Å². The molecule has 1 N–H and O–H groups in total. The molecular formula is C10H21NO. The molecule has 1 atom stereocenters. The van der Waals surface area contributed by atoms with E-state index in [2.05, 4.69) is 25.8 Å².